The largest absolute Gasteiger partial charge is 0.506 e. The zero-order valence-corrected chi connectivity index (χ0v) is 17.2. The third-order valence-electron chi connectivity index (χ3n) is 4.50. The van der Waals surface area contributed by atoms with Crippen LogP contribution < -0.4 is 5.32 Å². The van der Waals surface area contributed by atoms with E-state index in [1.807, 2.05) is 26.8 Å². The average Bonchev–Trinajstić information content (AvgIpc) is 2.90. The van der Waals surface area contributed by atoms with E-state index in [1.54, 1.807) is 26.0 Å². The third kappa shape index (κ3) is 4.72. The lowest BCUT2D eigenvalue weighted by atomic mass is 9.87. The predicted molar refractivity (Wildman–Crippen MR) is 107 cm³/mol. The van der Waals surface area contributed by atoms with Crippen LogP contribution in [0.25, 0.3) is 0 Å². The molecule has 1 heterocycles. The summed E-state index contributed by atoms with van der Waals surface area (Å²) < 4.78 is 10.0. The third-order valence-corrected chi connectivity index (χ3v) is 4.50. The highest BCUT2D eigenvalue weighted by Crippen LogP contribution is 2.31. The van der Waals surface area contributed by atoms with Crippen LogP contribution in [0, 0.1) is 13.8 Å². The van der Waals surface area contributed by atoms with Crippen molar-refractivity contribution in [2.75, 3.05) is 25.6 Å². The van der Waals surface area contributed by atoms with Gasteiger partial charge in [0.25, 0.3) is 5.91 Å². The number of aromatic hydroxyl groups is 1. The van der Waals surface area contributed by atoms with Crippen molar-refractivity contribution in [3.05, 3.63) is 46.3 Å². The van der Waals surface area contributed by atoms with Crippen molar-refractivity contribution in [2.45, 2.75) is 40.0 Å². The first-order valence-electron chi connectivity index (χ1n) is 9.06. The number of benzene rings is 1. The molecule has 0 unspecified atom stereocenters. The molecule has 1 aromatic heterocycles. The molecule has 7 nitrogen and oxygen atoms in total. The monoisotopic (exact) mass is 388 g/mol. The Hall–Kier alpha value is -2.80. The van der Waals surface area contributed by atoms with Gasteiger partial charge < -0.3 is 24.9 Å². The number of rotatable bonds is 6. The number of phenolic OH excluding ortho intramolecular Hbond substituents is 1. The van der Waals surface area contributed by atoms with Crippen molar-refractivity contribution in [3.8, 4) is 5.75 Å². The summed E-state index contributed by atoms with van der Waals surface area (Å²) in [5.41, 5.74) is 2.76. The standard InChI is InChI=1S/C21H28N2O5/c1-12-17(20(26)28-10-9-27-6)13(2)22-18(12)19(25)23-15-11-14(21(3,4)5)7-8-16(15)24/h7-8,11,22,24H,9-10H2,1-6H3,(H,23,25). The quantitative estimate of drug-likeness (QED) is 0.398. The van der Waals surface area contributed by atoms with Gasteiger partial charge in [-0.2, -0.15) is 0 Å². The van der Waals surface area contributed by atoms with Crippen LogP contribution in [-0.4, -0.2) is 42.3 Å². The van der Waals surface area contributed by atoms with Crippen LogP contribution in [-0.2, 0) is 14.9 Å². The lowest BCUT2D eigenvalue weighted by Gasteiger charge is -2.20. The van der Waals surface area contributed by atoms with Gasteiger partial charge in [0.1, 0.15) is 18.1 Å². The fourth-order valence-electron chi connectivity index (χ4n) is 2.86. The molecule has 1 aromatic carbocycles. The van der Waals surface area contributed by atoms with Crippen LogP contribution in [0.3, 0.4) is 0 Å². The Morgan fingerprint density at radius 3 is 2.46 bits per heavy atom. The Bertz CT molecular complexity index is 878. The van der Waals surface area contributed by atoms with Crippen molar-refractivity contribution < 1.29 is 24.2 Å². The smallest absolute Gasteiger partial charge is 0.340 e. The minimum atomic E-state index is -0.514. The van der Waals surface area contributed by atoms with Crippen LogP contribution in [0.5, 0.6) is 5.75 Å². The number of aryl methyl sites for hydroxylation is 1. The zero-order chi connectivity index (χ0) is 21.1. The number of hydrogen-bond donors (Lipinski definition) is 3. The molecular weight excluding hydrogens is 360 g/mol. The van der Waals surface area contributed by atoms with Crippen LogP contribution >= 0.6 is 0 Å². The predicted octanol–water partition coefficient (Wildman–Crippen LogP) is 3.69. The highest BCUT2D eigenvalue weighted by atomic mass is 16.6. The first kappa shape index (κ1) is 21.5. The SMILES string of the molecule is COCCOC(=O)c1c(C)[nH]c(C(=O)Nc2cc(C(C)(C)C)ccc2O)c1C. The number of nitrogens with one attached hydrogen (secondary N) is 2. The minimum Gasteiger partial charge on any atom is -0.506 e. The number of esters is 1. The molecule has 0 aliphatic carbocycles. The van der Waals surface area contributed by atoms with Gasteiger partial charge in [0.15, 0.2) is 0 Å². The molecule has 3 N–H and O–H groups in total. The van der Waals surface area contributed by atoms with E-state index in [4.69, 9.17) is 9.47 Å². The normalized spacial score (nSPS) is 11.4. The molecule has 1 amide bonds. The molecule has 152 valence electrons. The van der Waals surface area contributed by atoms with E-state index in [0.29, 0.717) is 29.1 Å². The molecule has 0 aliphatic rings. The van der Waals surface area contributed by atoms with E-state index in [2.05, 4.69) is 10.3 Å². The molecule has 0 aliphatic heterocycles. The number of aromatic amines is 1. The average molecular weight is 388 g/mol. The Labute approximate surface area is 165 Å². The van der Waals surface area contributed by atoms with Crippen molar-refractivity contribution in [3.63, 3.8) is 0 Å². The Kier molecular flexibility index (Phi) is 6.51. The summed E-state index contributed by atoms with van der Waals surface area (Å²) in [6.45, 7) is 9.95. The Balaban J connectivity index is 2.27. The molecule has 0 saturated carbocycles. The molecule has 0 fully saturated rings. The summed E-state index contributed by atoms with van der Waals surface area (Å²) in [4.78, 5) is 28.0. The van der Waals surface area contributed by atoms with Gasteiger partial charge in [-0.25, -0.2) is 4.79 Å². The zero-order valence-electron chi connectivity index (χ0n) is 17.2. The first-order chi connectivity index (χ1) is 13.1. The van der Waals surface area contributed by atoms with E-state index < -0.39 is 11.9 Å². The van der Waals surface area contributed by atoms with Gasteiger partial charge in [0.2, 0.25) is 0 Å². The van der Waals surface area contributed by atoms with Crippen molar-refractivity contribution >= 4 is 17.6 Å². The fraction of sp³-hybridized carbons (Fsp3) is 0.429. The molecule has 7 heteroatoms. The van der Waals surface area contributed by atoms with Gasteiger partial charge in [0.05, 0.1) is 17.9 Å². The number of amides is 1. The van der Waals surface area contributed by atoms with Crippen LogP contribution in [0.2, 0.25) is 0 Å². The molecule has 0 atom stereocenters. The number of anilines is 1. The van der Waals surface area contributed by atoms with Crippen LogP contribution in [0.1, 0.15) is 58.4 Å². The number of hydrogen-bond acceptors (Lipinski definition) is 5. The van der Waals surface area contributed by atoms with E-state index in [9.17, 15) is 14.7 Å². The van der Waals surface area contributed by atoms with E-state index >= 15 is 0 Å². The fourth-order valence-corrected chi connectivity index (χ4v) is 2.86. The number of ether oxygens (including phenoxy) is 2. The molecule has 0 spiro atoms. The maximum absolute atomic E-state index is 12.8. The highest BCUT2D eigenvalue weighted by Gasteiger charge is 2.24. The number of methoxy groups -OCH3 is 1. The van der Waals surface area contributed by atoms with Crippen molar-refractivity contribution in [1.29, 1.82) is 0 Å². The van der Waals surface area contributed by atoms with Gasteiger partial charge in [-0.05, 0) is 42.5 Å². The molecule has 0 radical (unpaired) electrons. The molecule has 0 saturated heterocycles. The van der Waals surface area contributed by atoms with Crippen molar-refractivity contribution in [1.82, 2.24) is 4.98 Å². The van der Waals surface area contributed by atoms with E-state index in [1.165, 1.54) is 7.11 Å². The number of phenols is 1. The van der Waals surface area contributed by atoms with Crippen LogP contribution in [0.4, 0.5) is 5.69 Å². The second-order valence-corrected chi connectivity index (χ2v) is 7.69. The van der Waals surface area contributed by atoms with E-state index in [-0.39, 0.29) is 23.5 Å². The van der Waals surface area contributed by atoms with Gasteiger partial charge in [-0.3, -0.25) is 4.79 Å². The number of H-pyrrole nitrogens is 1. The summed E-state index contributed by atoms with van der Waals surface area (Å²) >= 11 is 0. The first-order valence-corrected chi connectivity index (χ1v) is 9.06. The molecule has 0 bridgehead atoms. The lowest BCUT2D eigenvalue weighted by Crippen LogP contribution is -2.16. The maximum atomic E-state index is 12.8. The highest BCUT2D eigenvalue weighted by molar-refractivity contribution is 6.07. The maximum Gasteiger partial charge on any atom is 0.340 e. The van der Waals surface area contributed by atoms with Gasteiger partial charge >= 0.3 is 5.97 Å². The Morgan fingerprint density at radius 2 is 1.86 bits per heavy atom. The second kappa shape index (κ2) is 8.48. The second-order valence-electron chi connectivity index (χ2n) is 7.69. The van der Waals surface area contributed by atoms with Gasteiger partial charge in [0, 0.05) is 12.8 Å². The summed E-state index contributed by atoms with van der Waals surface area (Å²) in [6.07, 6.45) is 0. The number of carbonyl (C=O) groups excluding carboxylic acids is 2. The molecule has 2 rings (SSSR count). The molecule has 2 aromatic rings. The minimum absolute atomic E-state index is 0.0264. The van der Waals surface area contributed by atoms with Gasteiger partial charge in [-0.15, -0.1) is 0 Å². The summed E-state index contributed by atoms with van der Waals surface area (Å²) in [6, 6.07) is 5.13. The summed E-state index contributed by atoms with van der Waals surface area (Å²) in [5, 5.41) is 12.8. The summed E-state index contributed by atoms with van der Waals surface area (Å²) in [5.74, 6) is -0.987. The lowest BCUT2D eigenvalue weighted by molar-refractivity contribution is 0.0386. The number of aromatic nitrogens is 1. The summed E-state index contributed by atoms with van der Waals surface area (Å²) in [7, 11) is 1.52. The van der Waals surface area contributed by atoms with Gasteiger partial charge in [-0.1, -0.05) is 26.8 Å². The molecule has 28 heavy (non-hydrogen) atoms. The Morgan fingerprint density at radius 1 is 1.18 bits per heavy atom. The van der Waals surface area contributed by atoms with Crippen molar-refractivity contribution in [2.24, 2.45) is 0 Å². The van der Waals surface area contributed by atoms with Crippen LogP contribution in [0.15, 0.2) is 18.2 Å². The topological polar surface area (TPSA) is 101 Å². The van der Waals surface area contributed by atoms with E-state index in [0.717, 1.165) is 5.56 Å². The molecular formula is C21H28N2O5. The number of carbonyl (C=O) groups is 2.